The number of fused-ring (bicyclic) bond motifs is 1. The minimum Gasteiger partial charge on any atom is -0.294 e. The topological polar surface area (TPSA) is 94.5 Å². The SMILES string of the molecule is CC1(C)CC(=O)c2c(SCCCCCCN=[N+]=[N-])sc(-c3ccn[nH]3)c2C1. The van der Waals surface area contributed by atoms with Crippen molar-refractivity contribution in [3.8, 4) is 10.6 Å². The Labute approximate surface area is 167 Å². The third-order valence-corrected chi connectivity index (χ3v) is 7.36. The Morgan fingerprint density at radius 2 is 2.15 bits per heavy atom. The predicted octanol–water partition coefficient (Wildman–Crippen LogP) is 6.26. The van der Waals surface area contributed by atoms with Crippen LogP contribution >= 0.6 is 23.1 Å². The van der Waals surface area contributed by atoms with Crippen molar-refractivity contribution >= 4 is 28.9 Å². The molecule has 2 aromatic rings. The maximum Gasteiger partial charge on any atom is 0.165 e. The van der Waals surface area contributed by atoms with Gasteiger partial charge in [-0.1, -0.05) is 31.8 Å². The molecule has 2 aromatic heterocycles. The molecule has 0 saturated heterocycles. The third-order valence-electron chi connectivity index (χ3n) is 4.74. The highest BCUT2D eigenvalue weighted by Crippen LogP contribution is 2.48. The number of carbonyl (C=O) groups excluding carboxylic acids is 1. The summed E-state index contributed by atoms with van der Waals surface area (Å²) in [6.45, 7) is 4.93. The van der Waals surface area contributed by atoms with Gasteiger partial charge >= 0.3 is 0 Å². The molecule has 0 spiro atoms. The van der Waals surface area contributed by atoms with E-state index < -0.39 is 0 Å². The number of carbonyl (C=O) groups is 1. The summed E-state index contributed by atoms with van der Waals surface area (Å²) in [5.74, 6) is 1.29. The van der Waals surface area contributed by atoms with Gasteiger partial charge in [-0.25, -0.2) is 0 Å². The number of aromatic nitrogens is 2. The molecule has 0 bridgehead atoms. The maximum absolute atomic E-state index is 12.9. The summed E-state index contributed by atoms with van der Waals surface area (Å²) in [6.07, 6.45) is 7.56. The molecule has 1 aliphatic rings. The fraction of sp³-hybridized carbons (Fsp3) is 0.579. The van der Waals surface area contributed by atoms with Crippen LogP contribution in [0.2, 0.25) is 0 Å². The Morgan fingerprint density at radius 1 is 1.33 bits per heavy atom. The number of thiophene rings is 1. The average Bonchev–Trinajstić information content (AvgIpc) is 3.24. The summed E-state index contributed by atoms with van der Waals surface area (Å²) in [4.78, 5) is 16.8. The maximum atomic E-state index is 12.9. The van der Waals surface area contributed by atoms with E-state index in [2.05, 4.69) is 34.1 Å². The van der Waals surface area contributed by atoms with Crippen molar-refractivity contribution in [2.75, 3.05) is 12.3 Å². The molecule has 2 heterocycles. The molecular formula is C19H25N5OS2. The van der Waals surface area contributed by atoms with Crippen LogP contribution in [0, 0.1) is 5.41 Å². The molecule has 1 N–H and O–H groups in total. The number of H-pyrrole nitrogens is 1. The zero-order valence-corrected chi connectivity index (χ0v) is 17.5. The van der Waals surface area contributed by atoms with Crippen molar-refractivity contribution in [2.45, 2.75) is 56.6 Å². The first kappa shape index (κ1) is 20.0. The van der Waals surface area contributed by atoms with Gasteiger partial charge in [0.1, 0.15) is 0 Å². The molecule has 0 amide bonds. The standard InChI is InChI=1S/C19H25N5OS2/c1-19(2)11-13-16(15(25)12-19)18(27-17(13)14-7-9-21-23-14)26-10-6-4-3-5-8-22-24-20/h7,9H,3-6,8,10-12H2,1-2H3,(H,21,23). The molecule has 6 nitrogen and oxygen atoms in total. The second-order valence-corrected chi connectivity index (χ2v) is 10.1. The summed E-state index contributed by atoms with van der Waals surface area (Å²) in [5, 5.41) is 10.7. The first-order valence-electron chi connectivity index (χ1n) is 9.34. The lowest BCUT2D eigenvalue weighted by molar-refractivity contribution is 0.0910. The van der Waals surface area contributed by atoms with Gasteiger partial charge in [0, 0.05) is 29.6 Å². The lowest BCUT2D eigenvalue weighted by Crippen LogP contribution is -2.26. The molecule has 0 saturated carbocycles. The first-order chi connectivity index (χ1) is 13.0. The molecule has 0 atom stereocenters. The van der Waals surface area contributed by atoms with Crippen LogP contribution in [-0.4, -0.2) is 28.3 Å². The second-order valence-electron chi connectivity index (χ2n) is 7.70. The monoisotopic (exact) mass is 403 g/mol. The summed E-state index contributed by atoms with van der Waals surface area (Å²) >= 11 is 3.53. The van der Waals surface area contributed by atoms with E-state index in [1.807, 2.05) is 6.07 Å². The van der Waals surface area contributed by atoms with Crippen molar-refractivity contribution in [2.24, 2.45) is 10.5 Å². The van der Waals surface area contributed by atoms with E-state index in [-0.39, 0.29) is 11.2 Å². The number of hydrogen-bond donors (Lipinski definition) is 1. The highest BCUT2D eigenvalue weighted by molar-refractivity contribution is 8.01. The van der Waals surface area contributed by atoms with Gasteiger partial charge < -0.3 is 0 Å². The third kappa shape index (κ3) is 4.94. The quantitative estimate of drug-likeness (QED) is 0.176. The van der Waals surface area contributed by atoms with Gasteiger partial charge in [0.15, 0.2) is 5.78 Å². The Morgan fingerprint density at radius 3 is 2.89 bits per heavy atom. The number of Topliss-reactive ketones (excluding diaryl/α,β-unsaturated/α-hetero) is 1. The Kier molecular flexibility index (Phi) is 6.63. The van der Waals surface area contributed by atoms with Crippen molar-refractivity contribution in [3.05, 3.63) is 33.8 Å². The Bertz CT molecular complexity index is 835. The molecule has 0 unspecified atom stereocenters. The van der Waals surface area contributed by atoms with Crippen LogP contribution in [0.5, 0.6) is 0 Å². The minimum absolute atomic E-state index is 0.00771. The fourth-order valence-corrected chi connectivity index (χ4v) is 6.20. The minimum atomic E-state index is 0.00771. The van der Waals surface area contributed by atoms with E-state index in [1.54, 1.807) is 29.3 Å². The smallest absolute Gasteiger partial charge is 0.165 e. The zero-order valence-electron chi connectivity index (χ0n) is 15.8. The lowest BCUT2D eigenvalue weighted by atomic mass is 9.74. The van der Waals surface area contributed by atoms with Gasteiger partial charge in [-0.15, -0.1) is 23.1 Å². The van der Waals surface area contributed by atoms with Gasteiger partial charge in [-0.2, -0.15) is 5.10 Å². The first-order valence-corrected chi connectivity index (χ1v) is 11.1. The van der Waals surface area contributed by atoms with Crippen LogP contribution in [0.25, 0.3) is 21.0 Å². The number of aromatic amines is 1. The average molecular weight is 404 g/mol. The van der Waals surface area contributed by atoms with Gasteiger partial charge in [0.2, 0.25) is 0 Å². The van der Waals surface area contributed by atoms with Crippen LogP contribution in [0.1, 0.15) is 61.9 Å². The molecule has 0 aromatic carbocycles. The normalized spacial score (nSPS) is 15.4. The Balaban J connectivity index is 1.69. The number of unbranched alkanes of at least 4 members (excludes halogenated alkanes) is 3. The van der Waals surface area contributed by atoms with E-state index in [1.165, 1.54) is 10.4 Å². The molecule has 1 aliphatic carbocycles. The lowest BCUT2D eigenvalue weighted by Gasteiger charge is -2.29. The van der Waals surface area contributed by atoms with Crippen molar-refractivity contribution < 1.29 is 4.79 Å². The van der Waals surface area contributed by atoms with Gasteiger partial charge in [0.25, 0.3) is 0 Å². The van der Waals surface area contributed by atoms with E-state index in [9.17, 15) is 4.79 Å². The summed E-state index contributed by atoms with van der Waals surface area (Å²) in [7, 11) is 0. The summed E-state index contributed by atoms with van der Waals surface area (Å²) in [6, 6.07) is 1.98. The highest BCUT2D eigenvalue weighted by atomic mass is 32.2. The molecule has 0 aliphatic heterocycles. The number of ketones is 1. The molecule has 0 radical (unpaired) electrons. The number of rotatable bonds is 9. The summed E-state index contributed by atoms with van der Waals surface area (Å²) in [5.41, 5.74) is 11.4. The van der Waals surface area contributed by atoms with E-state index in [0.29, 0.717) is 13.0 Å². The molecular weight excluding hydrogens is 378 g/mol. The van der Waals surface area contributed by atoms with Crippen molar-refractivity contribution in [1.82, 2.24) is 10.2 Å². The molecule has 3 rings (SSSR count). The van der Waals surface area contributed by atoms with Gasteiger partial charge in [0.05, 0.1) is 14.8 Å². The van der Waals surface area contributed by atoms with Crippen LogP contribution < -0.4 is 0 Å². The predicted molar refractivity (Wildman–Crippen MR) is 112 cm³/mol. The second kappa shape index (κ2) is 8.95. The van der Waals surface area contributed by atoms with Crippen LogP contribution in [0.3, 0.4) is 0 Å². The molecule has 27 heavy (non-hydrogen) atoms. The Hall–Kier alpha value is -1.76. The van der Waals surface area contributed by atoms with Crippen LogP contribution in [-0.2, 0) is 6.42 Å². The number of thioether (sulfide) groups is 1. The highest BCUT2D eigenvalue weighted by Gasteiger charge is 2.36. The van der Waals surface area contributed by atoms with Crippen molar-refractivity contribution in [1.29, 1.82) is 0 Å². The van der Waals surface area contributed by atoms with Crippen LogP contribution in [0.15, 0.2) is 21.6 Å². The zero-order chi connectivity index (χ0) is 19.3. The molecule has 8 heteroatoms. The number of hydrogen-bond acceptors (Lipinski definition) is 5. The number of nitrogens with one attached hydrogen (secondary N) is 1. The summed E-state index contributed by atoms with van der Waals surface area (Å²) < 4.78 is 1.16. The van der Waals surface area contributed by atoms with E-state index in [0.717, 1.165) is 53.3 Å². The van der Waals surface area contributed by atoms with Crippen LogP contribution in [0.4, 0.5) is 0 Å². The van der Waals surface area contributed by atoms with E-state index in [4.69, 9.17) is 5.53 Å². The van der Waals surface area contributed by atoms with Crippen molar-refractivity contribution in [3.63, 3.8) is 0 Å². The number of nitrogens with zero attached hydrogens (tertiary/aromatic N) is 4. The van der Waals surface area contributed by atoms with Gasteiger partial charge in [-0.05, 0) is 47.6 Å². The number of azide groups is 1. The largest absolute Gasteiger partial charge is 0.294 e. The van der Waals surface area contributed by atoms with E-state index >= 15 is 0 Å². The molecule has 0 fully saturated rings. The fourth-order valence-electron chi connectivity index (χ4n) is 3.51. The van der Waals surface area contributed by atoms with Gasteiger partial charge in [-0.3, -0.25) is 9.89 Å². The molecule has 144 valence electrons.